The van der Waals surface area contributed by atoms with Gasteiger partial charge in [0.15, 0.2) is 9.84 Å². The average Bonchev–Trinajstić information content (AvgIpc) is 2.45. The molecule has 21 heavy (non-hydrogen) atoms. The summed E-state index contributed by atoms with van der Waals surface area (Å²) in [4.78, 5) is 12.2. The van der Waals surface area contributed by atoms with Crippen LogP contribution in [0.3, 0.4) is 0 Å². The molecule has 2 N–H and O–H groups in total. The van der Waals surface area contributed by atoms with E-state index in [1.165, 1.54) is 0 Å². The highest BCUT2D eigenvalue weighted by atomic mass is 35.5. The monoisotopic (exact) mass is 332 g/mol. The van der Waals surface area contributed by atoms with Crippen molar-refractivity contribution in [3.8, 4) is 0 Å². The minimum absolute atomic E-state index is 0.0620. The maximum atomic E-state index is 12.2. The lowest BCUT2D eigenvalue weighted by molar-refractivity contribution is 0.0957. The summed E-state index contributed by atoms with van der Waals surface area (Å²) in [6.45, 7) is 4.44. The van der Waals surface area contributed by atoms with Crippen LogP contribution in [0.4, 0.5) is 5.69 Å². The molecule has 0 heterocycles. The molecule has 0 aromatic heterocycles. The molecule has 118 valence electrons. The zero-order chi connectivity index (χ0) is 15.9. The van der Waals surface area contributed by atoms with Gasteiger partial charge in [0, 0.05) is 29.6 Å². The molecule has 0 bridgehead atoms. The fourth-order valence-corrected chi connectivity index (χ4v) is 2.55. The zero-order valence-corrected chi connectivity index (χ0v) is 13.9. The zero-order valence-electron chi connectivity index (χ0n) is 12.3. The molecule has 0 unspecified atom stereocenters. The molecule has 0 fully saturated rings. The lowest BCUT2D eigenvalue weighted by Gasteiger charge is -2.12. The summed E-state index contributed by atoms with van der Waals surface area (Å²) in [5, 5.41) is 6.23. The van der Waals surface area contributed by atoms with Gasteiger partial charge >= 0.3 is 0 Å². The molecular formula is C14H21ClN2O3S. The third-order valence-electron chi connectivity index (χ3n) is 2.93. The minimum atomic E-state index is -3.09. The Morgan fingerprint density at radius 1 is 1.24 bits per heavy atom. The number of carbonyl (C=O) groups is 1. The van der Waals surface area contributed by atoms with Gasteiger partial charge in [-0.1, -0.05) is 25.4 Å². The number of amides is 1. The van der Waals surface area contributed by atoms with E-state index in [1.807, 2.05) is 6.92 Å². The summed E-state index contributed by atoms with van der Waals surface area (Å²) in [6.07, 6.45) is 0.929. The summed E-state index contributed by atoms with van der Waals surface area (Å²) < 4.78 is 22.8. The first-order chi connectivity index (χ1) is 9.89. The molecule has 1 rings (SSSR count). The molecule has 0 spiro atoms. The Morgan fingerprint density at radius 3 is 2.57 bits per heavy atom. The first-order valence-electron chi connectivity index (χ1n) is 6.91. The maximum Gasteiger partial charge on any atom is 0.253 e. The van der Waals surface area contributed by atoms with Crippen molar-refractivity contribution in [3.05, 3.63) is 28.8 Å². The molecule has 0 aliphatic carbocycles. The quantitative estimate of drug-likeness (QED) is 0.766. The highest BCUT2D eigenvalue weighted by Crippen LogP contribution is 2.20. The molecule has 1 amide bonds. The summed E-state index contributed by atoms with van der Waals surface area (Å²) >= 11 is 5.92. The number of benzene rings is 1. The summed E-state index contributed by atoms with van der Waals surface area (Å²) in [6, 6.07) is 5.02. The van der Waals surface area contributed by atoms with E-state index < -0.39 is 9.84 Å². The van der Waals surface area contributed by atoms with Crippen LogP contribution in [0.5, 0.6) is 0 Å². The fraction of sp³-hybridized carbons (Fsp3) is 0.500. The molecule has 0 saturated heterocycles. The van der Waals surface area contributed by atoms with Gasteiger partial charge in [-0.05, 0) is 24.6 Å². The molecule has 1 aromatic carbocycles. The van der Waals surface area contributed by atoms with E-state index in [0.717, 1.165) is 13.0 Å². The van der Waals surface area contributed by atoms with Crippen LogP contribution in [0.2, 0.25) is 5.02 Å². The topological polar surface area (TPSA) is 75.3 Å². The van der Waals surface area contributed by atoms with Crippen LogP contribution in [0.1, 0.15) is 30.6 Å². The van der Waals surface area contributed by atoms with Crippen molar-refractivity contribution in [2.75, 3.05) is 29.9 Å². The van der Waals surface area contributed by atoms with Crippen LogP contribution in [0, 0.1) is 0 Å². The number of nitrogens with one attached hydrogen (secondary N) is 2. The van der Waals surface area contributed by atoms with E-state index in [2.05, 4.69) is 10.6 Å². The fourth-order valence-electron chi connectivity index (χ4n) is 1.68. The van der Waals surface area contributed by atoms with Gasteiger partial charge in [0.05, 0.1) is 11.3 Å². The van der Waals surface area contributed by atoms with Crippen molar-refractivity contribution in [2.24, 2.45) is 0 Å². The Morgan fingerprint density at radius 2 is 1.95 bits per heavy atom. The normalized spacial score (nSPS) is 11.2. The van der Waals surface area contributed by atoms with Crippen molar-refractivity contribution in [1.29, 1.82) is 0 Å². The second-order valence-electron chi connectivity index (χ2n) is 4.61. The van der Waals surface area contributed by atoms with Crippen molar-refractivity contribution in [2.45, 2.75) is 20.3 Å². The van der Waals surface area contributed by atoms with Crippen LogP contribution in [-0.4, -0.2) is 38.9 Å². The van der Waals surface area contributed by atoms with Crippen molar-refractivity contribution >= 4 is 33.0 Å². The smallest absolute Gasteiger partial charge is 0.253 e. The minimum Gasteiger partial charge on any atom is -0.384 e. The Hall–Kier alpha value is -1.27. The second kappa shape index (κ2) is 8.24. The van der Waals surface area contributed by atoms with Crippen LogP contribution < -0.4 is 10.6 Å². The van der Waals surface area contributed by atoms with Gasteiger partial charge in [-0.3, -0.25) is 4.79 Å². The molecular weight excluding hydrogens is 312 g/mol. The van der Waals surface area contributed by atoms with Crippen molar-refractivity contribution in [3.63, 3.8) is 0 Å². The molecule has 0 aliphatic heterocycles. The predicted octanol–water partition coefficient (Wildman–Crippen LogP) is 2.33. The average molecular weight is 333 g/mol. The van der Waals surface area contributed by atoms with Crippen LogP contribution >= 0.6 is 11.6 Å². The number of hydrogen-bond acceptors (Lipinski definition) is 4. The number of carbonyl (C=O) groups excluding carboxylic acids is 1. The lowest BCUT2D eigenvalue weighted by Crippen LogP contribution is -2.30. The van der Waals surface area contributed by atoms with Gasteiger partial charge in [0.2, 0.25) is 0 Å². The maximum absolute atomic E-state index is 12.2. The third-order valence-corrected chi connectivity index (χ3v) is 4.87. The van der Waals surface area contributed by atoms with E-state index >= 15 is 0 Å². The molecule has 0 saturated carbocycles. The summed E-state index contributed by atoms with van der Waals surface area (Å²) in [5.41, 5.74) is 1.11. The Balaban J connectivity index is 2.74. The summed E-state index contributed by atoms with van der Waals surface area (Å²) in [5.74, 6) is -0.320. The van der Waals surface area contributed by atoms with Gasteiger partial charge in [-0.2, -0.15) is 0 Å². The van der Waals surface area contributed by atoms with Gasteiger partial charge in [-0.25, -0.2) is 8.42 Å². The first-order valence-corrected chi connectivity index (χ1v) is 9.11. The second-order valence-corrected chi connectivity index (χ2v) is 7.52. The van der Waals surface area contributed by atoms with E-state index in [4.69, 9.17) is 11.6 Å². The van der Waals surface area contributed by atoms with E-state index in [0.29, 0.717) is 16.3 Å². The molecule has 0 atom stereocenters. The SMILES string of the molecule is CCCNc1ccc(Cl)cc1C(=O)NCCS(=O)(=O)CC. The van der Waals surface area contributed by atoms with Crippen LogP contribution in [0.15, 0.2) is 18.2 Å². The molecule has 0 aliphatic rings. The van der Waals surface area contributed by atoms with Gasteiger partial charge < -0.3 is 10.6 Å². The van der Waals surface area contributed by atoms with E-state index in [9.17, 15) is 13.2 Å². The highest BCUT2D eigenvalue weighted by molar-refractivity contribution is 7.91. The van der Waals surface area contributed by atoms with E-state index in [-0.39, 0.29) is 24.0 Å². The number of halogens is 1. The van der Waals surface area contributed by atoms with Gasteiger partial charge in [-0.15, -0.1) is 0 Å². The Labute approximate surface area is 131 Å². The third kappa shape index (κ3) is 5.93. The van der Waals surface area contributed by atoms with Gasteiger partial charge in [0.25, 0.3) is 5.91 Å². The van der Waals surface area contributed by atoms with Crippen LogP contribution in [0.25, 0.3) is 0 Å². The molecule has 5 nitrogen and oxygen atoms in total. The highest BCUT2D eigenvalue weighted by Gasteiger charge is 2.13. The lowest BCUT2D eigenvalue weighted by atomic mass is 10.1. The Kier molecular flexibility index (Phi) is 6.98. The molecule has 1 aromatic rings. The van der Waals surface area contributed by atoms with E-state index in [1.54, 1.807) is 25.1 Å². The standard InChI is InChI=1S/C14H21ClN2O3S/c1-3-7-16-13-6-5-11(15)10-12(13)14(18)17-8-9-21(19,20)4-2/h5-6,10,16H,3-4,7-9H2,1-2H3,(H,17,18). The first kappa shape index (κ1) is 17.8. The Bertz CT molecular complexity index is 588. The van der Waals surface area contributed by atoms with Crippen molar-refractivity contribution in [1.82, 2.24) is 5.32 Å². The van der Waals surface area contributed by atoms with Crippen LogP contribution in [-0.2, 0) is 9.84 Å². The number of rotatable bonds is 8. The molecule has 7 heteroatoms. The largest absolute Gasteiger partial charge is 0.384 e. The predicted molar refractivity (Wildman–Crippen MR) is 86.9 cm³/mol. The number of sulfone groups is 1. The van der Waals surface area contributed by atoms with Crippen molar-refractivity contribution < 1.29 is 13.2 Å². The molecule has 0 radical (unpaired) electrons. The van der Waals surface area contributed by atoms with Gasteiger partial charge in [0.1, 0.15) is 0 Å². The number of hydrogen-bond donors (Lipinski definition) is 2. The summed E-state index contributed by atoms with van der Waals surface area (Å²) in [7, 11) is -3.09. The number of anilines is 1.